The number of amides is 1. The largest absolute Gasteiger partial charge is 0.444 e. The van der Waals surface area contributed by atoms with Crippen LogP contribution in [0.25, 0.3) is 0 Å². The highest BCUT2D eigenvalue weighted by Crippen LogP contribution is 2.36. The molecule has 2 heterocycles. The van der Waals surface area contributed by atoms with Gasteiger partial charge in [-0.15, -0.1) is 0 Å². The zero-order valence-corrected chi connectivity index (χ0v) is 15.7. The Morgan fingerprint density at radius 2 is 1.93 bits per heavy atom. The molecule has 2 aliphatic rings. The van der Waals surface area contributed by atoms with Gasteiger partial charge in [0.05, 0.1) is 6.04 Å². The summed E-state index contributed by atoms with van der Waals surface area (Å²) < 4.78 is 19.4. The summed E-state index contributed by atoms with van der Waals surface area (Å²) in [4.78, 5) is 14.9. The smallest absolute Gasteiger partial charge is 0.410 e. The second-order valence-electron chi connectivity index (χ2n) is 8.09. The average molecular weight is 368 g/mol. The first-order chi connectivity index (χ1) is 13.0. The number of nitrogens with zero attached hydrogens (tertiary/aromatic N) is 1. The molecule has 1 fully saturated rings. The van der Waals surface area contributed by atoms with Gasteiger partial charge in [0.1, 0.15) is 11.9 Å². The standard InChI is InChI=1S/C22H25FN2O2/c1-22(2)14-24-13-19(22)27-21(26)25-12-11-15-5-3-4-6-18(15)20(25)16-7-9-17(23)10-8-16/h3-10,19-20,24H,11-14H2,1-2H3/t19-,20+/m1/s1. The van der Waals surface area contributed by atoms with Crippen molar-refractivity contribution in [3.05, 3.63) is 71.0 Å². The molecule has 0 aliphatic carbocycles. The minimum absolute atomic E-state index is 0.0886. The van der Waals surface area contributed by atoms with Crippen LogP contribution >= 0.6 is 0 Å². The van der Waals surface area contributed by atoms with E-state index in [4.69, 9.17) is 4.74 Å². The third kappa shape index (κ3) is 3.44. The molecule has 0 bridgehead atoms. The molecule has 1 saturated heterocycles. The Balaban J connectivity index is 1.66. The van der Waals surface area contributed by atoms with Crippen LogP contribution in [-0.4, -0.2) is 36.7 Å². The Hall–Kier alpha value is -2.40. The first-order valence-corrected chi connectivity index (χ1v) is 9.47. The fourth-order valence-corrected chi connectivity index (χ4v) is 4.07. The van der Waals surface area contributed by atoms with Crippen LogP contribution in [0.5, 0.6) is 0 Å². The lowest BCUT2D eigenvalue weighted by atomic mass is 9.88. The monoisotopic (exact) mass is 368 g/mol. The highest BCUT2D eigenvalue weighted by atomic mass is 19.1. The lowest BCUT2D eigenvalue weighted by molar-refractivity contribution is 0.0222. The van der Waals surface area contributed by atoms with Crippen LogP contribution in [0, 0.1) is 11.2 Å². The Kier molecular flexibility index (Phi) is 4.64. The number of carbonyl (C=O) groups is 1. The van der Waals surface area contributed by atoms with Crippen LogP contribution in [0.3, 0.4) is 0 Å². The lowest BCUT2D eigenvalue weighted by Crippen LogP contribution is -2.44. The minimum Gasteiger partial charge on any atom is -0.444 e. The van der Waals surface area contributed by atoms with Gasteiger partial charge in [-0.3, -0.25) is 4.90 Å². The molecule has 4 rings (SSSR count). The number of ether oxygens (including phenoxy) is 1. The number of hydrogen-bond acceptors (Lipinski definition) is 3. The molecule has 27 heavy (non-hydrogen) atoms. The van der Waals surface area contributed by atoms with Crippen molar-refractivity contribution in [2.24, 2.45) is 5.41 Å². The molecule has 4 nitrogen and oxygen atoms in total. The molecule has 2 aromatic carbocycles. The van der Waals surface area contributed by atoms with E-state index in [-0.39, 0.29) is 29.5 Å². The molecule has 0 spiro atoms. The van der Waals surface area contributed by atoms with Crippen LogP contribution in [0.1, 0.15) is 36.6 Å². The summed E-state index contributed by atoms with van der Waals surface area (Å²) in [7, 11) is 0. The van der Waals surface area contributed by atoms with E-state index < -0.39 is 0 Å². The van der Waals surface area contributed by atoms with Crippen molar-refractivity contribution in [3.8, 4) is 0 Å². The quantitative estimate of drug-likeness (QED) is 0.874. The number of carbonyl (C=O) groups excluding carboxylic acids is 1. The molecule has 0 radical (unpaired) electrons. The lowest BCUT2D eigenvalue weighted by Gasteiger charge is -2.38. The number of fused-ring (bicyclic) bond motifs is 1. The van der Waals surface area contributed by atoms with E-state index in [2.05, 4.69) is 25.2 Å². The van der Waals surface area contributed by atoms with Crippen LogP contribution in [0.15, 0.2) is 48.5 Å². The zero-order valence-electron chi connectivity index (χ0n) is 15.7. The van der Waals surface area contributed by atoms with Crippen LogP contribution in [0.2, 0.25) is 0 Å². The van der Waals surface area contributed by atoms with Gasteiger partial charge in [-0.25, -0.2) is 9.18 Å². The topological polar surface area (TPSA) is 41.6 Å². The molecule has 5 heteroatoms. The van der Waals surface area contributed by atoms with E-state index >= 15 is 0 Å². The molecular weight excluding hydrogens is 343 g/mol. The van der Waals surface area contributed by atoms with Gasteiger partial charge < -0.3 is 10.1 Å². The van der Waals surface area contributed by atoms with E-state index in [0.29, 0.717) is 13.1 Å². The van der Waals surface area contributed by atoms with Gasteiger partial charge in [-0.05, 0) is 35.2 Å². The summed E-state index contributed by atoms with van der Waals surface area (Å²) in [5.41, 5.74) is 3.11. The molecule has 0 aromatic heterocycles. The number of nitrogens with one attached hydrogen (secondary N) is 1. The molecule has 2 aromatic rings. The molecule has 1 amide bonds. The summed E-state index contributed by atoms with van der Waals surface area (Å²) in [6, 6.07) is 14.3. The highest BCUT2D eigenvalue weighted by Gasteiger charge is 2.40. The maximum absolute atomic E-state index is 13.4. The number of hydrogen-bond donors (Lipinski definition) is 1. The predicted molar refractivity (Wildman–Crippen MR) is 102 cm³/mol. The van der Waals surface area contributed by atoms with Crippen molar-refractivity contribution in [2.75, 3.05) is 19.6 Å². The molecule has 2 aliphatic heterocycles. The Morgan fingerprint density at radius 3 is 2.63 bits per heavy atom. The highest BCUT2D eigenvalue weighted by molar-refractivity contribution is 5.70. The van der Waals surface area contributed by atoms with Crippen molar-refractivity contribution < 1.29 is 13.9 Å². The second kappa shape index (κ2) is 6.97. The van der Waals surface area contributed by atoms with Crippen molar-refractivity contribution >= 4 is 6.09 Å². The van der Waals surface area contributed by atoms with Crippen LogP contribution in [0.4, 0.5) is 9.18 Å². The zero-order chi connectivity index (χ0) is 19.0. The van der Waals surface area contributed by atoms with E-state index in [9.17, 15) is 9.18 Å². The van der Waals surface area contributed by atoms with E-state index in [0.717, 1.165) is 24.1 Å². The summed E-state index contributed by atoms with van der Waals surface area (Å²) >= 11 is 0. The summed E-state index contributed by atoms with van der Waals surface area (Å²) in [6.07, 6.45) is 0.326. The molecule has 0 saturated carbocycles. The third-order valence-electron chi connectivity index (χ3n) is 5.73. The maximum Gasteiger partial charge on any atom is 0.410 e. The van der Waals surface area contributed by atoms with Gasteiger partial charge >= 0.3 is 6.09 Å². The van der Waals surface area contributed by atoms with Gasteiger partial charge in [0, 0.05) is 25.0 Å². The van der Waals surface area contributed by atoms with Gasteiger partial charge in [-0.2, -0.15) is 0 Å². The third-order valence-corrected chi connectivity index (χ3v) is 5.73. The van der Waals surface area contributed by atoms with Gasteiger partial charge in [0.25, 0.3) is 0 Å². The molecule has 142 valence electrons. The van der Waals surface area contributed by atoms with Crippen LogP contribution < -0.4 is 5.32 Å². The summed E-state index contributed by atoms with van der Waals surface area (Å²) in [6.45, 7) is 6.29. The first kappa shape index (κ1) is 18.0. The normalized spacial score (nSPS) is 23.7. The van der Waals surface area contributed by atoms with Crippen molar-refractivity contribution in [1.82, 2.24) is 10.2 Å². The second-order valence-corrected chi connectivity index (χ2v) is 8.09. The molecular formula is C22H25FN2O2. The molecule has 1 N–H and O–H groups in total. The van der Waals surface area contributed by atoms with Gasteiger partial charge in [0.2, 0.25) is 0 Å². The fourth-order valence-electron chi connectivity index (χ4n) is 4.07. The Labute approximate surface area is 159 Å². The Morgan fingerprint density at radius 1 is 1.19 bits per heavy atom. The number of benzene rings is 2. The fraction of sp³-hybridized carbons (Fsp3) is 0.409. The van der Waals surface area contributed by atoms with Crippen molar-refractivity contribution in [1.29, 1.82) is 0 Å². The summed E-state index contributed by atoms with van der Waals surface area (Å²) in [5, 5.41) is 3.30. The van der Waals surface area contributed by atoms with E-state index in [1.807, 2.05) is 18.2 Å². The number of rotatable bonds is 2. The van der Waals surface area contributed by atoms with Gasteiger partial charge in [-0.1, -0.05) is 50.2 Å². The van der Waals surface area contributed by atoms with Crippen molar-refractivity contribution in [2.45, 2.75) is 32.4 Å². The van der Waals surface area contributed by atoms with E-state index in [1.165, 1.54) is 17.7 Å². The van der Waals surface area contributed by atoms with Gasteiger partial charge in [0.15, 0.2) is 0 Å². The van der Waals surface area contributed by atoms with Crippen molar-refractivity contribution in [3.63, 3.8) is 0 Å². The van der Waals surface area contributed by atoms with E-state index in [1.54, 1.807) is 17.0 Å². The Bertz CT molecular complexity index is 834. The van der Waals surface area contributed by atoms with Crippen LogP contribution in [-0.2, 0) is 11.2 Å². The molecule has 2 atom stereocenters. The number of halogens is 1. The SMILES string of the molecule is CC1(C)CNC[C@H]1OC(=O)N1CCc2ccccc2[C@@H]1c1ccc(F)cc1. The summed E-state index contributed by atoms with van der Waals surface area (Å²) in [5.74, 6) is -0.282. The first-order valence-electron chi connectivity index (χ1n) is 9.47. The molecule has 0 unspecified atom stereocenters. The maximum atomic E-state index is 13.4. The predicted octanol–water partition coefficient (Wildman–Crippen LogP) is 3.91. The minimum atomic E-state index is -0.305. The average Bonchev–Trinajstić information content (AvgIpc) is 2.99.